The quantitative estimate of drug-likeness (QED) is 0.154. The summed E-state index contributed by atoms with van der Waals surface area (Å²) in [7, 11) is 0. The molecule has 232 valence electrons. The van der Waals surface area contributed by atoms with Gasteiger partial charge < -0.3 is 24.1 Å². The van der Waals surface area contributed by atoms with Crippen LogP contribution in [0.5, 0.6) is 0 Å². The number of rotatable bonds is 18. The van der Waals surface area contributed by atoms with Crippen LogP contribution in [0.1, 0.15) is 53.0 Å². The second-order valence-corrected chi connectivity index (χ2v) is 10.9. The number of aliphatic hydroxyl groups excluding tert-OH is 1. The predicted molar refractivity (Wildman–Crippen MR) is 152 cm³/mol. The summed E-state index contributed by atoms with van der Waals surface area (Å²) < 4.78 is 21.4. The van der Waals surface area contributed by atoms with Crippen LogP contribution >= 0.6 is 0 Å². The van der Waals surface area contributed by atoms with E-state index in [1.807, 2.05) is 13.8 Å². The smallest absolute Gasteiger partial charge is 0.417 e. The number of amides is 2. The van der Waals surface area contributed by atoms with E-state index < -0.39 is 47.4 Å². The lowest BCUT2D eigenvalue weighted by Crippen LogP contribution is -2.53. The number of cyclic esters (lactones) is 1. The Morgan fingerprint density at radius 3 is 2.26 bits per heavy atom. The van der Waals surface area contributed by atoms with E-state index in [4.69, 9.17) is 24.1 Å². The predicted octanol–water partition coefficient (Wildman–Crippen LogP) is 3.06. The van der Waals surface area contributed by atoms with Gasteiger partial charge in [-0.05, 0) is 50.3 Å². The standard InChI is InChI=1S/C31H43NO10/c1-21(2)28-31(4,5)42-30(38)32(28)29(37)25(20-23-10-7-6-8-11-23)27(41-22(3)34)26(36)14-13-24(35)12-9-16-39-18-19-40-17-15-33/h6-8,10-11,13-14,21,25,27-28,33H,9,12,15-20H2,1-5H3/t25-,27+,28+/m1/s1. The van der Waals surface area contributed by atoms with Gasteiger partial charge in [-0.2, -0.15) is 0 Å². The van der Waals surface area contributed by atoms with Gasteiger partial charge in [-0.15, -0.1) is 0 Å². The molecule has 0 saturated carbocycles. The molecule has 11 nitrogen and oxygen atoms in total. The van der Waals surface area contributed by atoms with E-state index in [1.165, 1.54) is 0 Å². The molecule has 1 aliphatic rings. The van der Waals surface area contributed by atoms with Gasteiger partial charge in [0.15, 0.2) is 17.7 Å². The third kappa shape index (κ3) is 10.5. The number of hydrogen-bond donors (Lipinski definition) is 1. The third-order valence-corrected chi connectivity index (χ3v) is 6.71. The van der Waals surface area contributed by atoms with Crippen LogP contribution in [0.2, 0.25) is 0 Å². The average Bonchev–Trinajstić information content (AvgIpc) is 3.18. The highest BCUT2D eigenvalue weighted by Gasteiger charge is 2.54. The van der Waals surface area contributed by atoms with Gasteiger partial charge in [-0.25, -0.2) is 9.69 Å². The van der Waals surface area contributed by atoms with Crippen LogP contribution in [0.15, 0.2) is 42.5 Å². The molecule has 0 spiro atoms. The van der Waals surface area contributed by atoms with Crippen molar-refractivity contribution in [2.24, 2.45) is 11.8 Å². The van der Waals surface area contributed by atoms with Crippen molar-refractivity contribution in [1.29, 1.82) is 0 Å². The summed E-state index contributed by atoms with van der Waals surface area (Å²) in [5.74, 6) is -4.01. The minimum atomic E-state index is -1.58. The van der Waals surface area contributed by atoms with E-state index in [-0.39, 0.29) is 37.8 Å². The summed E-state index contributed by atoms with van der Waals surface area (Å²) in [6, 6.07) is 8.25. The molecule has 0 aliphatic carbocycles. The van der Waals surface area contributed by atoms with Crippen LogP contribution in [0, 0.1) is 11.8 Å². The number of allylic oxidation sites excluding steroid dienone is 1. The highest BCUT2D eigenvalue weighted by Crippen LogP contribution is 2.36. The fraction of sp³-hybridized carbons (Fsp3) is 0.581. The lowest BCUT2D eigenvalue weighted by atomic mass is 9.85. The maximum Gasteiger partial charge on any atom is 0.417 e. The number of benzene rings is 1. The van der Waals surface area contributed by atoms with Crippen molar-refractivity contribution >= 4 is 29.5 Å². The second kappa shape index (κ2) is 16.9. The van der Waals surface area contributed by atoms with Gasteiger partial charge >= 0.3 is 12.1 Å². The van der Waals surface area contributed by atoms with E-state index in [0.29, 0.717) is 31.8 Å². The molecule has 1 fully saturated rings. The molecule has 0 bridgehead atoms. The van der Waals surface area contributed by atoms with Crippen LogP contribution in [-0.2, 0) is 44.5 Å². The zero-order valence-electron chi connectivity index (χ0n) is 25.1. The maximum absolute atomic E-state index is 14.1. The number of nitrogens with zero attached hydrogens (tertiary/aromatic N) is 1. The highest BCUT2D eigenvalue weighted by molar-refractivity contribution is 6.05. The molecule has 11 heteroatoms. The first-order valence-corrected chi connectivity index (χ1v) is 14.2. The lowest BCUT2D eigenvalue weighted by Gasteiger charge is -2.34. The molecule has 2 amide bonds. The summed E-state index contributed by atoms with van der Waals surface area (Å²) in [4.78, 5) is 66.0. The van der Waals surface area contributed by atoms with Gasteiger partial charge in [0, 0.05) is 20.0 Å². The molecule has 1 heterocycles. The van der Waals surface area contributed by atoms with Crippen molar-refractivity contribution in [2.45, 2.75) is 71.6 Å². The Kier molecular flexibility index (Phi) is 14.0. The number of carbonyl (C=O) groups excluding carboxylic acids is 5. The zero-order chi connectivity index (χ0) is 31.3. The first-order chi connectivity index (χ1) is 19.9. The van der Waals surface area contributed by atoms with Crippen LogP contribution < -0.4 is 0 Å². The molecular weight excluding hydrogens is 546 g/mol. The Balaban J connectivity index is 2.24. The van der Waals surface area contributed by atoms with Gasteiger partial charge in [0.25, 0.3) is 0 Å². The molecule has 0 unspecified atom stereocenters. The molecular formula is C31H43NO10. The van der Waals surface area contributed by atoms with Crippen molar-refractivity contribution in [1.82, 2.24) is 4.90 Å². The Bertz CT molecular complexity index is 1100. The average molecular weight is 590 g/mol. The van der Waals surface area contributed by atoms with Gasteiger partial charge in [-0.3, -0.25) is 19.2 Å². The van der Waals surface area contributed by atoms with E-state index in [9.17, 15) is 24.0 Å². The highest BCUT2D eigenvalue weighted by atomic mass is 16.6. The van der Waals surface area contributed by atoms with Crippen molar-refractivity contribution in [3.8, 4) is 0 Å². The maximum atomic E-state index is 14.1. The number of aliphatic hydroxyl groups is 1. The molecule has 1 aliphatic heterocycles. The first-order valence-electron chi connectivity index (χ1n) is 14.2. The summed E-state index contributed by atoms with van der Waals surface area (Å²) >= 11 is 0. The van der Waals surface area contributed by atoms with Crippen molar-refractivity contribution in [2.75, 3.05) is 33.0 Å². The second-order valence-electron chi connectivity index (χ2n) is 10.9. The van der Waals surface area contributed by atoms with E-state index in [0.717, 1.165) is 24.0 Å². The number of esters is 1. The van der Waals surface area contributed by atoms with E-state index in [2.05, 4.69) is 0 Å². The van der Waals surface area contributed by atoms with Gasteiger partial charge in [0.2, 0.25) is 5.91 Å². The van der Waals surface area contributed by atoms with Gasteiger partial charge in [-0.1, -0.05) is 44.2 Å². The summed E-state index contributed by atoms with van der Waals surface area (Å²) in [6.45, 7) is 9.39. The monoisotopic (exact) mass is 589 g/mol. The van der Waals surface area contributed by atoms with Crippen LogP contribution in [0.4, 0.5) is 4.79 Å². The molecule has 1 saturated heterocycles. The molecule has 1 aromatic rings. The number of ketones is 2. The molecule has 42 heavy (non-hydrogen) atoms. The normalized spacial score (nSPS) is 17.7. The van der Waals surface area contributed by atoms with Crippen molar-refractivity contribution in [3.05, 3.63) is 48.0 Å². The lowest BCUT2D eigenvalue weighted by molar-refractivity contribution is -0.159. The van der Waals surface area contributed by atoms with E-state index >= 15 is 0 Å². The Morgan fingerprint density at radius 1 is 1.02 bits per heavy atom. The fourth-order valence-corrected chi connectivity index (χ4v) is 5.06. The number of carbonyl (C=O) groups is 5. The van der Waals surface area contributed by atoms with Crippen LogP contribution in [0.25, 0.3) is 0 Å². The summed E-state index contributed by atoms with van der Waals surface area (Å²) in [5, 5.41) is 8.67. The molecule has 2 rings (SSSR count). The van der Waals surface area contributed by atoms with E-state index in [1.54, 1.807) is 44.2 Å². The summed E-state index contributed by atoms with van der Waals surface area (Å²) in [6.07, 6.45) is 0.211. The van der Waals surface area contributed by atoms with Gasteiger partial charge in [0.05, 0.1) is 38.4 Å². The first kappa shape index (κ1) is 34.8. The largest absolute Gasteiger partial charge is 0.453 e. The SMILES string of the molecule is CC(=O)O[C@H](C(=O)C=CC(=O)CCCOCCOCCO)[C@@H](Cc1ccccc1)C(=O)N1C(=O)OC(C)(C)[C@@H]1C(C)C. The Morgan fingerprint density at radius 2 is 1.67 bits per heavy atom. The topological polar surface area (TPSA) is 146 Å². The molecule has 0 aromatic heterocycles. The zero-order valence-corrected chi connectivity index (χ0v) is 25.1. The molecule has 1 aromatic carbocycles. The molecule has 1 N–H and O–H groups in total. The fourth-order valence-electron chi connectivity index (χ4n) is 5.06. The molecule has 3 atom stereocenters. The minimum absolute atomic E-state index is 0.000468. The third-order valence-electron chi connectivity index (χ3n) is 6.71. The summed E-state index contributed by atoms with van der Waals surface area (Å²) in [5.41, 5.74) is -0.280. The number of hydrogen-bond acceptors (Lipinski definition) is 10. The Labute approximate surface area is 247 Å². The van der Waals surface area contributed by atoms with Crippen LogP contribution in [-0.4, -0.2) is 90.3 Å². The number of imide groups is 1. The number of ether oxygens (including phenoxy) is 4. The van der Waals surface area contributed by atoms with Crippen LogP contribution in [0.3, 0.4) is 0 Å². The minimum Gasteiger partial charge on any atom is -0.453 e. The molecule has 0 radical (unpaired) electrons. The van der Waals surface area contributed by atoms with Crippen molar-refractivity contribution < 1.29 is 48.0 Å². The van der Waals surface area contributed by atoms with Gasteiger partial charge in [0.1, 0.15) is 5.60 Å². The van der Waals surface area contributed by atoms with Crippen molar-refractivity contribution in [3.63, 3.8) is 0 Å². The Hall–Kier alpha value is -3.41.